The van der Waals surface area contributed by atoms with Crippen LogP contribution in [0.15, 0.2) is 103 Å². The van der Waals surface area contributed by atoms with Crippen molar-refractivity contribution in [2.75, 3.05) is 23.3 Å². The average molecular weight is 573 g/mol. The molecule has 0 aliphatic carbocycles. The third kappa shape index (κ3) is 6.41. The molecule has 4 aromatic rings. The Morgan fingerprint density at radius 2 is 1.47 bits per heavy atom. The van der Waals surface area contributed by atoms with Crippen LogP contribution in [0.5, 0.6) is 0 Å². The zero-order valence-corrected chi connectivity index (χ0v) is 24.8. The van der Waals surface area contributed by atoms with E-state index < -0.39 is 6.17 Å². The van der Waals surface area contributed by atoms with Crippen molar-refractivity contribution in [1.82, 2.24) is 4.90 Å². The predicted octanol–water partition coefficient (Wildman–Crippen LogP) is 6.97. The predicted molar refractivity (Wildman–Crippen MR) is 173 cm³/mol. The van der Waals surface area contributed by atoms with Crippen molar-refractivity contribution >= 4 is 23.2 Å². The molecule has 43 heavy (non-hydrogen) atoms. The smallest absolute Gasteiger partial charge is 0.259 e. The van der Waals surface area contributed by atoms with Crippen molar-refractivity contribution in [2.24, 2.45) is 11.7 Å². The number of benzene rings is 4. The van der Waals surface area contributed by atoms with Gasteiger partial charge < -0.3 is 11.1 Å². The summed E-state index contributed by atoms with van der Waals surface area (Å²) in [7, 11) is 0. The number of nitrogens with two attached hydrogens (primary N) is 1. The maximum atomic E-state index is 14.0. The molecule has 2 unspecified atom stereocenters. The zero-order chi connectivity index (χ0) is 29.8. The van der Waals surface area contributed by atoms with Crippen LogP contribution < -0.4 is 16.0 Å². The quantitative estimate of drug-likeness (QED) is 0.262. The van der Waals surface area contributed by atoms with Crippen LogP contribution in [-0.4, -0.2) is 36.0 Å². The first-order valence-corrected chi connectivity index (χ1v) is 15.4. The molecule has 6 nitrogen and oxygen atoms in total. The molecule has 220 valence electrons. The number of nitrogens with zero attached hydrogens (tertiary/aromatic N) is 2. The summed E-state index contributed by atoms with van der Waals surface area (Å²) in [4.78, 5) is 31.1. The fourth-order valence-electron chi connectivity index (χ4n) is 6.80. The minimum absolute atomic E-state index is 0.116. The SMILES string of the molecule is Cc1ccccc1C(=O)Nc1ccc(C(=O)N2c3ccccc3C(C3CCN(Cc4ccccc4)CC3)CCC2N)cc1. The number of likely N-dealkylation sites (tertiary alicyclic amines) is 1. The summed E-state index contributed by atoms with van der Waals surface area (Å²) in [6, 6.07) is 33.6. The molecule has 0 bridgehead atoms. The molecule has 2 aliphatic heterocycles. The number of fused-ring (bicyclic) bond motifs is 1. The topological polar surface area (TPSA) is 78.7 Å². The Labute approximate surface area is 254 Å². The largest absolute Gasteiger partial charge is 0.322 e. The van der Waals surface area contributed by atoms with Crippen LogP contribution in [0.3, 0.4) is 0 Å². The fourth-order valence-corrected chi connectivity index (χ4v) is 6.80. The summed E-state index contributed by atoms with van der Waals surface area (Å²) in [5, 5.41) is 2.95. The molecule has 0 saturated carbocycles. The number of nitrogens with one attached hydrogen (secondary N) is 1. The molecule has 1 saturated heterocycles. The van der Waals surface area contributed by atoms with Gasteiger partial charge in [-0.2, -0.15) is 0 Å². The van der Waals surface area contributed by atoms with Crippen molar-refractivity contribution in [3.8, 4) is 0 Å². The van der Waals surface area contributed by atoms with E-state index >= 15 is 0 Å². The van der Waals surface area contributed by atoms with Crippen LogP contribution in [-0.2, 0) is 6.54 Å². The third-order valence-electron chi connectivity index (χ3n) is 9.15. The van der Waals surface area contributed by atoms with Gasteiger partial charge in [0.15, 0.2) is 0 Å². The van der Waals surface area contributed by atoms with Crippen LogP contribution in [0.4, 0.5) is 11.4 Å². The molecule has 2 heterocycles. The maximum Gasteiger partial charge on any atom is 0.259 e. The normalized spacial score (nSPS) is 19.3. The Kier molecular flexibility index (Phi) is 8.68. The van der Waals surface area contributed by atoms with E-state index in [9.17, 15) is 9.59 Å². The van der Waals surface area contributed by atoms with Gasteiger partial charge in [0.25, 0.3) is 11.8 Å². The first-order chi connectivity index (χ1) is 21.0. The number of para-hydroxylation sites is 1. The van der Waals surface area contributed by atoms with Crippen LogP contribution >= 0.6 is 0 Å². The molecular weight excluding hydrogens is 532 g/mol. The number of hydrogen-bond donors (Lipinski definition) is 2. The molecule has 0 spiro atoms. The van der Waals surface area contributed by atoms with Crippen molar-refractivity contribution in [1.29, 1.82) is 0 Å². The Morgan fingerprint density at radius 3 is 2.21 bits per heavy atom. The van der Waals surface area contributed by atoms with Crippen molar-refractivity contribution in [3.05, 3.63) is 131 Å². The van der Waals surface area contributed by atoms with Crippen molar-refractivity contribution < 1.29 is 9.59 Å². The maximum absolute atomic E-state index is 14.0. The molecule has 0 radical (unpaired) electrons. The number of carbonyl (C=O) groups excluding carboxylic acids is 2. The van der Waals surface area contributed by atoms with Gasteiger partial charge in [0.2, 0.25) is 0 Å². The van der Waals surface area contributed by atoms with E-state index in [0.29, 0.717) is 28.7 Å². The van der Waals surface area contributed by atoms with Gasteiger partial charge in [-0.05, 0) is 111 Å². The van der Waals surface area contributed by atoms with Crippen LogP contribution in [0.25, 0.3) is 0 Å². The summed E-state index contributed by atoms with van der Waals surface area (Å²) in [5.74, 6) is 0.650. The number of anilines is 2. The number of hydrogen-bond acceptors (Lipinski definition) is 4. The van der Waals surface area contributed by atoms with Crippen molar-refractivity contribution in [3.63, 3.8) is 0 Å². The zero-order valence-electron chi connectivity index (χ0n) is 24.8. The Morgan fingerprint density at radius 1 is 0.791 bits per heavy atom. The number of aryl methyl sites for hydroxylation is 1. The monoisotopic (exact) mass is 572 g/mol. The van der Waals surface area contributed by atoms with Crippen LogP contribution in [0, 0.1) is 12.8 Å². The Balaban J connectivity index is 1.16. The summed E-state index contributed by atoms with van der Waals surface area (Å²) in [6.07, 6.45) is 3.60. The highest BCUT2D eigenvalue weighted by Crippen LogP contribution is 2.43. The standard InChI is InChI=1S/C37H40N4O2/c1-26-9-5-6-12-31(26)36(42)39-30-17-15-29(16-18-30)37(43)41-34-14-8-7-13-33(34)32(19-20-35(41)38)28-21-23-40(24-22-28)25-27-10-3-2-4-11-27/h2-18,28,32,35H,19-25,38H2,1H3,(H,39,42). The lowest BCUT2D eigenvalue weighted by Crippen LogP contribution is -2.45. The van der Waals surface area contributed by atoms with E-state index in [1.165, 1.54) is 11.1 Å². The molecule has 2 aliphatic rings. The van der Waals surface area contributed by atoms with Gasteiger partial charge in [0.05, 0.1) is 6.17 Å². The lowest BCUT2D eigenvalue weighted by molar-refractivity contribution is 0.0975. The number of piperidine rings is 1. The molecule has 2 amide bonds. The second-order valence-corrected chi connectivity index (χ2v) is 11.9. The second-order valence-electron chi connectivity index (χ2n) is 11.9. The number of carbonyl (C=O) groups is 2. The van der Waals surface area contributed by atoms with E-state index in [1.54, 1.807) is 29.2 Å². The van der Waals surface area contributed by atoms with Gasteiger partial charge in [-0.1, -0.05) is 66.7 Å². The van der Waals surface area contributed by atoms with E-state index in [2.05, 4.69) is 52.7 Å². The average Bonchev–Trinajstić information content (AvgIpc) is 3.18. The summed E-state index contributed by atoms with van der Waals surface area (Å²) in [5.41, 5.74) is 13.0. The van der Waals surface area contributed by atoms with Gasteiger partial charge in [-0.25, -0.2) is 0 Å². The minimum Gasteiger partial charge on any atom is -0.322 e. The molecule has 1 fully saturated rings. The lowest BCUT2D eigenvalue weighted by atomic mass is 9.77. The summed E-state index contributed by atoms with van der Waals surface area (Å²) < 4.78 is 0. The van der Waals surface area contributed by atoms with Gasteiger partial charge in [0, 0.05) is 29.0 Å². The highest BCUT2D eigenvalue weighted by Gasteiger charge is 2.36. The van der Waals surface area contributed by atoms with E-state index in [4.69, 9.17) is 5.73 Å². The van der Waals surface area contributed by atoms with Gasteiger partial charge >= 0.3 is 0 Å². The first-order valence-electron chi connectivity index (χ1n) is 15.4. The molecule has 0 aromatic heterocycles. The molecule has 3 N–H and O–H groups in total. The highest BCUT2D eigenvalue weighted by molar-refractivity contribution is 6.08. The highest BCUT2D eigenvalue weighted by atomic mass is 16.2. The van der Waals surface area contributed by atoms with Gasteiger partial charge in [-0.3, -0.25) is 19.4 Å². The van der Waals surface area contributed by atoms with E-state index in [1.807, 2.05) is 43.3 Å². The van der Waals surface area contributed by atoms with E-state index in [0.717, 1.165) is 56.6 Å². The van der Waals surface area contributed by atoms with Crippen molar-refractivity contribution in [2.45, 2.75) is 51.2 Å². The second kappa shape index (κ2) is 12.9. The third-order valence-corrected chi connectivity index (χ3v) is 9.15. The Hall–Kier alpha value is -4.26. The van der Waals surface area contributed by atoms with Crippen LogP contribution in [0.2, 0.25) is 0 Å². The summed E-state index contributed by atoms with van der Waals surface area (Å²) >= 11 is 0. The van der Waals surface area contributed by atoms with E-state index in [-0.39, 0.29) is 11.8 Å². The molecule has 6 rings (SSSR count). The summed E-state index contributed by atoms with van der Waals surface area (Å²) in [6.45, 7) is 5.08. The fraction of sp³-hybridized carbons (Fsp3) is 0.297. The Bertz CT molecular complexity index is 1560. The number of rotatable bonds is 6. The first kappa shape index (κ1) is 28.8. The van der Waals surface area contributed by atoms with Gasteiger partial charge in [0.1, 0.15) is 0 Å². The minimum atomic E-state index is -0.405. The molecule has 2 atom stereocenters. The van der Waals surface area contributed by atoms with Gasteiger partial charge in [-0.15, -0.1) is 0 Å². The number of amides is 2. The lowest BCUT2D eigenvalue weighted by Gasteiger charge is -2.36. The molecular formula is C37H40N4O2. The molecule has 6 heteroatoms. The van der Waals surface area contributed by atoms with Crippen LogP contribution in [0.1, 0.15) is 69.0 Å². The molecule has 4 aromatic carbocycles.